The van der Waals surface area contributed by atoms with Crippen LogP contribution in [0.1, 0.15) is 30.4 Å². The summed E-state index contributed by atoms with van der Waals surface area (Å²) in [4.78, 5) is 20.2. The van der Waals surface area contributed by atoms with Crippen molar-refractivity contribution in [2.24, 2.45) is 0 Å². The minimum Gasteiger partial charge on any atom is -0.462 e. The standard InChI is InChI=1S/C14H18N4O5/c1-3-22-14(21)7-4-18(12-8(7)11(15)16-5-17-12)13-10(20)9(19)6(2)23-13/h4-6,9-10,13,19-20H,3H2,1-2H3,(H2,15,16,17)/t6-,9-,10-,13?/m1/s1. The Morgan fingerprint density at radius 1 is 1.43 bits per heavy atom. The summed E-state index contributed by atoms with van der Waals surface area (Å²) < 4.78 is 12.1. The lowest BCUT2D eigenvalue weighted by molar-refractivity contribution is -0.0297. The molecule has 1 unspecified atom stereocenters. The Kier molecular flexibility index (Phi) is 3.92. The Bertz CT molecular complexity index is 746. The van der Waals surface area contributed by atoms with Gasteiger partial charge in [0.1, 0.15) is 30.0 Å². The van der Waals surface area contributed by atoms with Crippen LogP contribution in [-0.2, 0) is 9.47 Å². The number of aromatic nitrogens is 3. The zero-order valence-corrected chi connectivity index (χ0v) is 12.7. The van der Waals surface area contributed by atoms with Crippen molar-refractivity contribution in [3.05, 3.63) is 18.1 Å². The van der Waals surface area contributed by atoms with E-state index in [9.17, 15) is 15.0 Å². The summed E-state index contributed by atoms with van der Waals surface area (Å²) in [7, 11) is 0. The maximum absolute atomic E-state index is 12.1. The highest BCUT2D eigenvalue weighted by Crippen LogP contribution is 2.34. The van der Waals surface area contributed by atoms with Gasteiger partial charge in [0.05, 0.1) is 23.7 Å². The van der Waals surface area contributed by atoms with Crippen LogP contribution in [0.3, 0.4) is 0 Å². The lowest BCUT2D eigenvalue weighted by atomic mass is 10.1. The van der Waals surface area contributed by atoms with E-state index in [1.54, 1.807) is 13.8 Å². The van der Waals surface area contributed by atoms with E-state index >= 15 is 0 Å². The van der Waals surface area contributed by atoms with E-state index in [2.05, 4.69) is 9.97 Å². The van der Waals surface area contributed by atoms with Gasteiger partial charge in [0.2, 0.25) is 0 Å². The number of rotatable bonds is 3. The number of nitrogen functional groups attached to an aromatic ring is 1. The molecule has 3 heterocycles. The molecule has 4 atom stereocenters. The summed E-state index contributed by atoms with van der Waals surface area (Å²) in [5.41, 5.74) is 6.38. The fourth-order valence-corrected chi connectivity index (χ4v) is 2.72. The third-order valence-corrected chi connectivity index (χ3v) is 3.89. The van der Waals surface area contributed by atoms with Crippen LogP contribution >= 0.6 is 0 Å². The number of hydrogen-bond acceptors (Lipinski definition) is 8. The van der Waals surface area contributed by atoms with Crippen LogP contribution in [0.5, 0.6) is 0 Å². The van der Waals surface area contributed by atoms with E-state index in [1.807, 2.05) is 0 Å². The topological polar surface area (TPSA) is 133 Å². The maximum Gasteiger partial charge on any atom is 0.340 e. The quantitative estimate of drug-likeness (QED) is 0.663. The van der Waals surface area contributed by atoms with Crippen LogP contribution in [0.25, 0.3) is 11.0 Å². The number of anilines is 1. The van der Waals surface area contributed by atoms with E-state index in [4.69, 9.17) is 15.2 Å². The Labute approximate surface area is 131 Å². The molecule has 1 fully saturated rings. The van der Waals surface area contributed by atoms with Crippen molar-refractivity contribution < 1.29 is 24.5 Å². The Morgan fingerprint density at radius 2 is 2.17 bits per heavy atom. The van der Waals surface area contributed by atoms with Gasteiger partial charge >= 0.3 is 5.97 Å². The molecule has 9 heteroatoms. The second-order valence-corrected chi connectivity index (χ2v) is 5.34. The van der Waals surface area contributed by atoms with E-state index in [0.29, 0.717) is 11.0 Å². The molecule has 0 radical (unpaired) electrons. The van der Waals surface area contributed by atoms with Gasteiger partial charge in [-0.05, 0) is 13.8 Å². The highest BCUT2D eigenvalue weighted by Gasteiger charge is 2.42. The monoisotopic (exact) mass is 322 g/mol. The average molecular weight is 322 g/mol. The van der Waals surface area contributed by atoms with Crippen LogP contribution < -0.4 is 5.73 Å². The SMILES string of the molecule is CCOC(=O)c1cn(C2O[C@H](C)[C@@H](O)[C@H]2O)c2ncnc(N)c12. The Hall–Kier alpha value is -2.23. The number of ether oxygens (including phenoxy) is 2. The molecule has 2 aromatic heterocycles. The largest absolute Gasteiger partial charge is 0.462 e. The molecule has 9 nitrogen and oxygen atoms in total. The molecule has 0 amide bonds. The van der Waals surface area contributed by atoms with E-state index < -0.39 is 30.5 Å². The third kappa shape index (κ3) is 2.42. The molecule has 124 valence electrons. The minimum absolute atomic E-state index is 0.123. The summed E-state index contributed by atoms with van der Waals surface area (Å²) in [6.07, 6.45) is -0.941. The number of carbonyl (C=O) groups excluding carboxylic acids is 1. The molecule has 0 saturated carbocycles. The molecule has 1 aliphatic rings. The Balaban J connectivity index is 2.15. The predicted molar refractivity (Wildman–Crippen MR) is 79.5 cm³/mol. The molecule has 2 aromatic rings. The fraction of sp³-hybridized carbons (Fsp3) is 0.500. The predicted octanol–water partition coefficient (Wildman–Crippen LogP) is -0.171. The number of hydrogen-bond donors (Lipinski definition) is 3. The van der Waals surface area contributed by atoms with Gasteiger partial charge in [0.15, 0.2) is 6.23 Å². The van der Waals surface area contributed by atoms with Gasteiger partial charge in [-0.1, -0.05) is 0 Å². The molecule has 23 heavy (non-hydrogen) atoms. The normalized spacial score (nSPS) is 27.5. The fourth-order valence-electron chi connectivity index (χ4n) is 2.72. The van der Waals surface area contributed by atoms with Crippen LogP contribution in [-0.4, -0.2) is 55.6 Å². The maximum atomic E-state index is 12.1. The van der Waals surface area contributed by atoms with Gasteiger partial charge in [-0.3, -0.25) is 0 Å². The molecule has 1 aliphatic heterocycles. The van der Waals surface area contributed by atoms with Gasteiger partial charge in [-0.25, -0.2) is 14.8 Å². The molecule has 0 aromatic carbocycles. The van der Waals surface area contributed by atoms with Crippen LogP contribution in [0, 0.1) is 0 Å². The van der Waals surface area contributed by atoms with E-state index in [1.165, 1.54) is 17.1 Å². The molecule has 3 rings (SSSR count). The zero-order chi connectivity index (χ0) is 16.7. The summed E-state index contributed by atoms with van der Waals surface area (Å²) in [6.45, 7) is 3.55. The van der Waals surface area contributed by atoms with Crippen molar-refractivity contribution in [2.75, 3.05) is 12.3 Å². The van der Waals surface area contributed by atoms with Crippen molar-refractivity contribution in [2.45, 2.75) is 38.4 Å². The number of esters is 1. The van der Waals surface area contributed by atoms with E-state index in [0.717, 1.165) is 0 Å². The molecule has 4 N–H and O–H groups in total. The molecular weight excluding hydrogens is 304 g/mol. The minimum atomic E-state index is -1.16. The number of carbonyl (C=O) groups is 1. The number of nitrogens with zero attached hydrogens (tertiary/aromatic N) is 3. The molecular formula is C14H18N4O5. The lowest BCUT2D eigenvalue weighted by Crippen LogP contribution is -2.30. The second kappa shape index (κ2) is 5.76. The summed E-state index contributed by atoms with van der Waals surface area (Å²) in [5.74, 6) is -0.447. The first-order valence-corrected chi connectivity index (χ1v) is 7.25. The van der Waals surface area contributed by atoms with Crippen LogP contribution in [0.2, 0.25) is 0 Å². The van der Waals surface area contributed by atoms with Crippen molar-refractivity contribution in [3.63, 3.8) is 0 Å². The lowest BCUT2D eigenvalue weighted by Gasteiger charge is -2.17. The van der Waals surface area contributed by atoms with Gasteiger partial charge in [-0.2, -0.15) is 0 Å². The van der Waals surface area contributed by atoms with Crippen molar-refractivity contribution in [1.29, 1.82) is 0 Å². The van der Waals surface area contributed by atoms with Gasteiger partial charge in [0.25, 0.3) is 0 Å². The number of fused-ring (bicyclic) bond motifs is 1. The number of aliphatic hydroxyl groups is 2. The highest BCUT2D eigenvalue weighted by molar-refractivity contribution is 6.07. The van der Waals surface area contributed by atoms with Crippen LogP contribution in [0.15, 0.2) is 12.5 Å². The highest BCUT2D eigenvalue weighted by atomic mass is 16.6. The summed E-state index contributed by atoms with van der Waals surface area (Å²) >= 11 is 0. The molecule has 0 aliphatic carbocycles. The molecule has 1 saturated heterocycles. The van der Waals surface area contributed by atoms with Crippen molar-refractivity contribution in [1.82, 2.24) is 14.5 Å². The number of nitrogens with two attached hydrogens (primary N) is 1. The zero-order valence-electron chi connectivity index (χ0n) is 12.7. The van der Waals surface area contributed by atoms with Gasteiger partial charge in [0, 0.05) is 6.20 Å². The van der Waals surface area contributed by atoms with Crippen molar-refractivity contribution in [3.8, 4) is 0 Å². The van der Waals surface area contributed by atoms with Gasteiger partial charge in [-0.15, -0.1) is 0 Å². The first-order chi connectivity index (χ1) is 11.0. The van der Waals surface area contributed by atoms with E-state index in [-0.39, 0.29) is 18.0 Å². The smallest absolute Gasteiger partial charge is 0.340 e. The first kappa shape index (κ1) is 15.7. The summed E-state index contributed by atoms with van der Waals surface area (Å²) in [6, 6.07) is 0. The molecule has 0 spiro atoms. The second-order valence-electron chi connectivity index (χ2n) is 5.34. The van der Waals surface area contributed by atoms with Gasteiger partial charge < -0.3 is 30.0 Å². The number of aliphatic hydroxyl groups excluding tert-OH is 2. The molecule has 0 bridgehead atoms. The van der Waals surface area contributed by atoms with Crippen LogP contribution in [0.4, 0.5) is 5.82 Å². The third-order valence-electron chi connectivity index (χ3n) is 3.89. The summed E-state index contributed by atoms with van der Waals surface area (Å²) in [5, 5.41) is 20.4. The Morgan fingerprint density at radius 3 is 2.78 bits per heavy atom. The average Bonchev–Trinajstić information content (AvgIpc) is 3.02. The first-order valence-electron chi connectivity index (χ1n) is 7.25. The van der Waals surface area contributed by atoms with Crippen molar-refractivity contribution >= 4 is 22.8 Å².